The molecule has 0 saturated heterocycles. The smallest absolute Gasteiger partial charge is 0.224 e. The lowest BCUT2D eigenvalue weighted by atomic mass is 10.0. The van der Waals surface area contributed by atoms with Gasteiger partial charge in [0, 0.05) is 19.0 Å². The molecule has 1 aromatic carbocycles. The van der Waals surface area contributed by atoms with Crippen LogP contribution in [0.2, 0.25) is 0 Å². The Bertz CT molecular complexity index is 426. The number of carbonyl (C=O) groups is 1. The van der Waals surface area contributed by atoms with E-state index in [1.165, 1.54) is 0 Å². The summed E-state index contributed by atoms with van der Waals surface area (Å²) in [6.45, 7) is 2.15. The molecule has 0 unspecified atom stereocenters. The van der Waals surface area contributed by atoms with Gasteiger partial charge in [-0.05, 0) is 18.1 Å². The molecule has 0 bridgehead atoms. The van der Waals surface area contributed by atoms with Crippen LogP contribution < -0.4 is 5.32 Å². The Balaban J connectivity index is 2.76. The first-order chi connectivity index (χ1) is 8.27. The van der Waals surface area contributed by atoms with Crippen molar-refractivity contribution >= 4 is 5.91 Å². The van der Waals surface area contributed by atoms with Crippen molar-refractivity contribution in [3.05, 3.63) is 35.4 Å². The molecule has 0 saturated carbocycles. The van der Waals surface area contributed by atoms with E-state index in [9.17, 15) is 4.79 Å². The summed E-state index contributed by atoms with van der Waals surface area (Å²) in [6, 6.07) is 7.82. The van der Waals surface area contributed by atoms with E-state index < -0.39 is 0 Å². The third-order valence-electron chi connectivity index (χ3n) is 2.53. The van der Waals surface area contributed by atoms with E-state index in [1.807, 2.05) is 24.3 Å². The van der Waals surface area contributed by atoms with Gasteiger partial charge in [-0.15, -0.1) is 0 Å². The molecule has 0 aromatic heterocycles. The van der Waals surface area contributed by atoms with Gasteiger partial charge in [-0.2, -0.15) is 0 Å². The minimum Gasteiger partial charge on any atom is -0.359 e. The zero-order chi connectivity index (χ0) is 12.5. The number of nitrogens with one attached hydrogen (secondary N) is 1. The maximum Gasteiger partial charge on any atom is 0.224 e. The van der Waals surface area contributed by atoms with Crippen molar-refractivity contribution in [2.75, 3.05) is 7.05 Å². The average molecular weight is 229 g/mol. The zero-order valence-electron chi connectivity index (χ0n) is 10.5. The molecular formula is C15H19NO. The lowest BCUT2D eigenvalue weighted by Gasteiger charge is -2.03. The lowest BCUT2D eigenvalue weighted by Crippen LogP contribution is -2.20. The Kier molecular flexibility index (Phi) is 5.88. The Morgan fingerprint density at radius 3 is 2.82 bits per heavy atom. The van der Waals surface area contributed by atoms with Gasteiger partial charge in [0.1, 0.15) is 0 Å². The number of hydrogen-bond acceptors (Lipinski definition) is 1. The van der Waals surface area contributed by atoms with Gasteiger partial charge in [-0.3, -0.25) is 4.79 Å². The summed E-state index contributed by atoms with van der Waals surface area (Å²) in [5, 5.41) is 2.63. The predicted molar refractivity (Wildman–Crippen MR) is 70.6 cm³/mol. The molecule has 0 aliphatic carbocycles. The first kappa shape index (κ1) is 13.3. The molecule has 0 spiro atoms. The second-order valence-electron chi connectivity index (χ2n) is 3.91. The van der Waals surface area contributed by atoms with Crippen LogP contribution in [0.3, 0.4) is 0 Å². The van der Waals surface area contributed by atoms with Crippen molar-refractivity contribution in [2.24, 2.45) is 0 Å². The highest BCUT2D eigenvalue weighted by atomic mass is 16.1. The Labute approximate surface area is 103 Å². The molecule has 0 aliphatic rings. The maximum absolute atomic E-state index is 11.4. The number of rotatable bonds is 4. The third-order valence-corrected chi connectivity index (χ3v) is 2.53. The molecule has 2 heteroatoms. The second-order valence-corrected chi connectivity index (χ2v) is 3.91. The maximum atomic E-state index is 11.4. The molecule has 2 nitrogen and oxygen atoms in total. The highest BCUT2D eigenvalue weighted by Gasteiger charge is 2.03. The zero-order valence-corrected chi connectivity index (χ0v) is 10.5. The van der Waals surface area contributed by atoms with E-state index in [-0.39, 0.29) is 5.91 Å². The summed E-state index contributed by atoms with van der Waals surface area (Å²) in [5.41, 5.74) is 1.96. The number of likely N-dealkylation sites (N-methyl/N-ethyl adjacent to an activating group) is 1. The van der Waals surface area contributed by atoms with Crippen LogP contribution in [0.5, 0.6) is 0 Å². The normalized spacial score (nSPS) is 9.29. The van der Waals surface area contributed by atoms with Gasteiger partial charge in [0.15, 0.2) is 0 Å². The molecule has 1 rings (SSSR count). The summed E-state index contributed by atoms with van der Waals surface area (Å²) >= 11 is 0. The average Bonchev–Trinajstić information content (AvgIpc) is 2.36. The summed E-state index contributed by atoms with van der Waals surface area (Å²) in [7, 11) is 1.65. The fourth-order valence-corrected chi connectivity index (χ4v) is 1.48. The second kappa shape index (κ2) is 7.51. The quantitative estimate of drug-likeness (QED) is 0.624. The molecule has 1 aromatic rings. The minimum atomic E-state index is 0.0211. The number of unbranched alkanes of at least 4 members (excludes halogenated alkanes) is 2. The molecule has 0 fully saturated rings. The fourth-order valence-electron chi connectivity index (χ4n) is 1.48. The number of amides is 1. The minimum absolute atomic E-state index is 0.0211. The van der Waals surface area contributed by atoms with Crippen LogP contribution in [-0.4, -0.2) is 13.0 Å². The van der Waals surface area contributed by atoms with Crippen LogP contribution in [0.4, 0.5) is 0 Å². The van der Waals surface area contributed by atoms with E-state index >= 15 is 0 Å². The largest absolute Gasteiger partial charge is 0.359 e. The number of carbonyl (C=O) groups excluding carboxylic acids is 1. The van der Waals surface area contributed by atoms with E-state index in [2.05, 4.69) is 24.1 Å². The van der Waals surface area contributed by atoms with Gasteiger partial charge in [0.05, 0.1) is 6.42 Å². The summed E-state index contributed by atoms with van der Waals surface area (Å²) in [5.74, 6) is 6.32. The molecule has 0 atom stereocenters. The van der Waals surface area contributed by atoms with Gasteiger partial charge in [0.2, 0.25) is 5.91 Å². The van der Waals surface area contributed by atoms with Crippen LogP contribution in [-0.2, 0) is 11.2 Å². The highest BCUT2D eigenvalue weighted by Crippen LogP contribution is 2.08. The first-order valence-electron chi connectivity index (χ1n) is 6.05. The summed E-state index contributed by atoms with van der Waals surface area (Å²) < 4.78 is 0. The Morgan fingerprint density at radius 2 is 2.12 bits per heavy atom. The van der Waals surface area contributed by atoms with Crippen molar-refractivity contribution in [3.63, 3.8) is 0 Å². The van der Waals surface area contributed by atoms with E-state index in [0.717, 1.165) is 30.4 Å². The number of benzene rings is 1. The molecule has 17 heavy (non-hydrogen) atoms. The van der Waals surface area contributed by atoms with E-state index in [4.69, 9.17) is 0 Å². The van der Waals surface area contributed by atoms with Gasteiger partial charge in [-0.25, -0.2) is 0 Å². The molecule has 0 heterocycles. The SMILES string of the molecule is CCCCC#Cc1ccccc1CC(=O)NC. The topological polar surface area (TPSA) is 29.1 Å². The molecule has 90 valence electrons. The Hall–Kier alpha value is -1.75. The van der Waals surface area contributed by atoms with Crippen LogP contribution in [0.1, 0.15) is 37.3 Å². The molecular weight excluding hydrogens is 210 g/mol. The summed E-state index contributed by atoms with van der Waals surface area (Å²) in [6.07, 6.45) is 3.61. The Morgan fingerprint density at radius 1 is 1.35 bits per heavy atom. The number of hydrogen-bond donors (Lipinski definition) is 1. The van der Waals surface area contributed by atoms with Crippen LogP contribution in [0, 0.1) is 11.8 Å². The standard InChI is InChI=1S/C15H19NO/c1-3-4-5-6-9-13-10-7-8-11-14(13)12-15(17)16-2/h7-8,10-11H,3-5,12H2,1-2H3,(H,16,17). The van der Waals surface area contributed by atoms with Crippen LogP contribution in [0.25, 0.3) is 0 Å². The van der Waals surface area contributed by atoms with Crippen molar-refractivity contribution in [1.82, 2.24) is 5.32 Å². The predicted octanol–water partition coefficient (Wildman–Crippen LogP) is 2.52. The third kappa shape index (κ3) is 4.74. The van der Waals surface area contributed by atoms with Crippen molar-refractivity contribution in [3.8, 4) is 11.8 Å². The van der Waals surface area contributed by atoms with E-state index in [0.29, 0.717) is 6.42 Å². The first-order valence-corrected chi connectivity index (χ1v) is 6.05. The van der Waals surface area contributed by atoms with Gasteiger partial charge in [0.25, 0.3) is 0 Å². The van der Waals surface area contributed by atoms with Gasteiger partial charge < -0.3 is 5.32 Å². The summed E-state index contributed by atoms with van der Waals surface area (Å²) in [4.78, 5) is 11.4. The highest BCUT2D eigenvalue weighted by molar-refractivity contribution is 5.79. The monoisotopic (exact) mass is 229 g/mol. The van der Waals surface area contributed by atoms with E-state index in [1.54, 1.807) is 7.05 Å². The van der Waals surface area contributed by atoms with Crippen LogP contribution >= 0.6 is 0 Å². The van der Waals surface area contributed by atoms with Gasteiger partial charge in [-0.1, -0.05) is 43.4 Å². The van der Waals surface area contributed by atoms with Crippen molar-refractivity contribution in [1.29, 1.82) is 0 Å². The molecule has 1 amide bonds. The molecule has 1 N–H and O–H groups in total. The van der Waals surface area contributed by atoms with Crippen LogP contribution in [0.15, 0.2) is 24.3 Å². The fraction of sp³-hybridized carbons (Fsp3) is 0.400. The van der Waals surface area contributed by atoms with Crippen molar-refractivity contribution in [2.45, 2.75) is 32.6 Å². The molecule has 0 aliphatic heterocycles. The van der Waals surface area contributed by atoms with Gasteiger partial charge >= 0.3 is 0 Å². The molecule has 0 radical (unpaired) electrons. The lowest BCUT2D eigenvalue weighted by molar-refractivity contribution is -0.119. The van der Waals surface area contributed by atoms with Crippen molar-refractivity contribution < 1.29 is 4.79 Å².